The molecule has 8 nitrogen and oxygen atoms in total. The van der Waals surface area contributed by atoms with Crippen molar-refractivity contribution < 1.29 is 23.6 Å². The quantitative estimate of drug-likeness (QED) is 0.190. The molecule has 0 spiro atoms. The molecule has 0 atom stereocenters. The van der Waals surface area contributed by atoms with Gasteiger partial charge in [0.2, 0.25) is 0 Å². The van der Waals surface area contributed by atoms with Gasteiger partial charge in [0.1, 0.15) is 29.8 Å². The fourth-order valence-corrected chi connectivity index (χ4v) is 1.91. The van der Waals surface area contributed by atoms with Gasteiger partial charge in [0.15, 0.2) is 0 Å². The molecule has 128 valence electrons. The number of hydrogen-bond acceptors (Lipinski definition) is 7. The first-order valence-corrected chi connectivity index (χ1v) is 7.17. The third kappa shape index (κ3) is 4.76. The average molecular weight is 342 g/mol. The first-order chi connectivity index (χ1) is 12.0. The van der Waals surface area contributed by atoms with E-state index in [0.717, 1.165) is 0 Å². The zero-order chi connectivity index (χ0) is 18.2. The minimum absolute atomic E-state index is 0.0269. The lowest BCUT2D eigenvalue weighted by molar-refractivity contribution is -0.384. The van der Waals surface area contributed by atoms with Crippen LogP contribution in [0.5, 0.6) is 0 Å². The van der Waals surface area contributed by atoms with E-state index >= 15 is 0 Å². The molecule has 0 aliphatic heterocycles. The van der Waals surface area contributed by atoms with Gasteiger partial charge in [-0.2, -0.15) is 5.26 Å². The number of benzene rings is 1. The van der Waals surface area contributed by atoms with Crippen molar-refractivity contribution in [2.75, 3.05) is 20.3 Å². The number of ether oxygens (including phenoxy) is 2. The Morgan fingerprint density at radius 2 is 2.00 bits per heavy atom. The summed E-state index contributed by atoms with van der Waals surface area (Å²) in [4.78, 5) is 21.9. The second kappa shape index (κ2) is 8.42. The minimum Gasteiger partial charge on any atom is -0.459 e. The maximum absolute atomic E-state index is 11.8. The molecule has 0 unspecified atom stereocenters. The van der Waals surface area contributed by atoms with Crippen molar-refractivity contribution in [2.24, 2.45) is 0 Å². The van der Waals surface area contributed by atoms with Crippen LogP contribution in [0.1, 0.15) is 5.76 Å². The van der Waals surface area contributed by atoms with Crippen molar-refractivity contribution in [3.8, 4) is 17.4 Å². The monoisotopic (exact) mass is 342 g/mol. The Hall–Kier alpha value is -3.44. The predicted molar refractivity (Wildman–Crippen MR) is 87.2 cm³/mol. The van der Waals surface area contributed by atoms with Gasteiger partial charge in [-0.3, -0.25) is 10.1 Å². The summed E-state index contributed by atoms with van der Waals surface area (Å²) < 4.78 is 15.2. The number of carbonyl (C=O) groups is 1. The lowest BCUT2D eigenvalue weighted by atomic mass is 10.1. The van der Waals surface area contributed by atoms with Crippen LogP contribution in [0.15, 0.2) is 46.4 Å². The summed E-state index contributed by atoms with van der Waals surface area (Å²) in [5.74, 6) is -0.0346. The Morgan fingerprint density at radius 3 is 2.60 bits per heavy atom. The maximum atomic E-state index is 11.8. The van der Waals surface area contributed by atoms with Crippen LogP contribution in [-0.4, -0.2) is 31.2 Å². The van der Waals surface area contributed by atoms with E-state index in [-0.39, 0.29) is 30.2 Å². The molecule has 2 rings (SSSR count). The van der Waals surface area contributed by atoms with E-state index in [4.69, 9.17) is 19.2 Å². The normalized spacial score (nSPS) is 11.0. The molecule has 0 N–H and O–H groups in total. The van der Waals surface area contributed by atoms with Crippen LogP contribution in [-0.2, 0) is 14.3 Å². The molecule has 0 saturated carbocycles. The zero-order valence-corrected chi connectivity index (χ0v) is 13.3. The van der Waals surface area contributed by atoms with Crippen molar-refractivity contribution in [1.82, 2.24) is 0 Å². The van der Waals surface area contributed by atoms with Gasteiger partial charge >= 0.3 is 5.97 Å². The molecule has 2 aromatic rings. The van der Waals surface area contributed by atoms with Crippen LogP contribution in [0, 0.1) is 21.4 Å². The smallest absolute Gasteiger partial charge is 0.349 e. The lowest BCUT2D eigenvalue weighted by Gasteiger charge is -2.02. The van der Waals surface area contributed by atoms with Crippen LogP contribution >= 0.6 is 0 Å². The largest absolute Gasteiger partial charge is 0.459 e. The van der Waals surface area contributed by atoms with Crippen LogP contribution in [0.25, 0.3) is 17.4 Å². The van der Waals surface area contributed by atoms with E-state index in [2.05, 4.69) is 0 Å². The van der Waals surface area contributed by atoms with E-state index < -0.39 is 10.9 Å². The average Bonchev–Trinajstić information content (AvgIpc) is 3.08. The molecule has 0 aliphatic carbocycles. The summed E-state index contributed by atoms with van der Waals surface area (Å²) in [6, 6.07) is 10.8. The molecular formula is C17H14N2O6. The predicted octanol–water partition coefficient (Wildman–Crippen LogP) is 2.95. The van der Waals surface area contributed by atoms with Crippen LogP contribution < -0.4 is 0 Å². The van der Waals surface area contributed by atoms with Crippen LogP contribution in [0.4, 0.5) is 5.69 Å². The Morgan fingerprint density at radius 1 is 1.28 bits per heavy atom. The number of furan rings is 1. The number of nitrogens with zero attached hydrogens (tertiary/aromatic N) is 2. The van der Waals surface area contributed by atoms with Crippen molar-refractivity contribution in [2.45, 2.75) is 0 Å². The summed E-state index contributed by atoms with van der Waals surface area (Å²) in [6.45, 7) is 0.274. The van der Waals surface area contributed by atoms with E-state index in [9.17, 15) is 14.9 Å². The SMILES string of the molecule is COCCOC(=O)/C(C#N)=C/c1ccc(-c2ccc([N+](=O)[O-])cc2)o1. The number of esters is 1. The Bertz CT molecular complexity index is 830. The van der Waals surface area contributed by atoms with Gasteiger partial charge in [-0.05, 0) is 24.3 Å². The van der Waals surface area contributed by atoms with Gasteiger partial charge in [0, 0.05) is 30.9 Å². The molecule has 0 aliphatic rings. The number of rotatable bonds is 7. The van der Waals surface area contributed by atoms with E-state index in [1.165, 1.54) is 25.3 Å². The molecule has 0 fully saturated rings. The molecule has 1 heterocycles. The third-order valence-corrected chi connectivity index (χ3v) is 3.14. The molecule has 1 aromatic carbocycles. The van der Waals surface area contributed by atoms with Gasteiger partial charge in [0.05, 0.1) is 11.5 Å². The number of methoxy groups -OCH3 is 1. The summed E-state index contributed by atoms with van der Waals surface area (Å²) in [6.07, 6.45) is 1.27. The Labute approximate surface area is 143 Å². The Balaban J connectivity index is 2.15. The number of nitro benzene ring substituents is 1. The van der Waals surface area contributed by atoms with Gasteiger partial charge in [-0.25, -0.2) is 4.79 Å². The molecule has 0 amide bonds. The lowest BCUT2D eigenvalue weighted by Crippen LogP contribution is -2.11. The topological polar surface area (TPSA) is 116 Å². The van der Waals surface area contributed by atoms with E-state index in [0.29, 0.717) is 11.3 Å². The number of non-ortho nitro benzene ring substituents is 1. The van der Waals surface area contributed by atoms with Crippen LogP contribution in [0.3, 0.4) is 0 Å². The first-order valence-electron chi connectivity index (χ1n) is 7.17. The highest BCUT2D eigenvalue weighted by Crippen LogP contribution is 2.25. The number of hydrogen-bond donors (Lipinski definition) is 0. The molecule has 0 saturated heterocycles. The maximum Gasteiger partial charge on any atom is 0.349 e. The first kappa shape index (κ1) is 17.9. The highest BCUT2D eigenvalue weighted by atomic mass is 16.6. The highest BCUT2D eigenvalue weighted by molar-refractivity contribution is 5.97. The number of nitro groups is 1. The van der Waals surface area contributed by atoms with Gasteiger partial charge in [0.25, 0.3) is 5.69 Å². The number of nitriles is 1. The second-order valence-corrected chi connectivity index (χ2v) is 4.80. The second-order valence-electron chi connectivity index (χ2n) is 4.80. The van der Waals surface area contributed by atoms with E-state index in [1.54, 1.807) is 30.3 Å². The van der Waals surface area contributed by atoms with Gasteiger partial charge < -0.3 is 13.9 Å². The van der Waals surface area contributed by atoms with Crippen molar-refractivity contribution in [1.29, 1.82) is 5.26 Å². The molecular weight excluding hydrogens is 328 g/mol. The van der Waals surface area contributed by atoms with E-state index in [1.807, 2.05) is 0 Å². The van der Waals surface area contributed by atoms with Gasteiger partial charge in [-0.15, -0.1) is 0 Å². The molecule has 1 aromatic heterocycles. The van der Waals surface area contributed by atoms with Crippen molar-refractivity contribution in [3.63, 3.8) is 0 Å². The third-order valence-electron chi connectivity index (χ3n) is 3.14. The van der Waals surface area contributed by atoms with Crippen molar-refractivity contribution in [3.05, 3.63) is 57.8 Å². The summed E-state index contributed by atoms with van der Waals surface area (Å²) >= 11 is 0. The highest BCUT2D eigenvalue weighted by Gasteiger charge is 2.13. The standard InChI is InChI=1S/C17H14N2O6/c1-23-8-9-24-17(20)13(11-18)10-15-6-7-16(25-15)12-2-4-14(5-3-12)19(21)22/h2-7,10H,8-9H2,1H3/b13-10+. The molecule has 25 heavy (non-hydrogen) atoms. The number of carbonyl (C=O) groups excluding carboxylic acids is 1. The molecule has 8 heteroatoms. The fourth-order valence-electron chi connectivity index (χ4n) is 1.91. The fraction of sp³-hybridized carbons (Fsp3) is 0.176. The summed E-state index contributed by atoms with van der Waals surface area (Å²) in [5, 5.41) is 19.7. The molecule has 0 bridgehead atoms. The van der Waals surface area contributed by atoms with Crippen molar-refractivity contribution >= 4 is 17.7 Å². The van der Waals surface area contributed by atoms with Crippen LogP contribution in [0.2, 0.25) is 0 Å². The minimum atomic E-state index is -0.771. The Kier molecular flexibility index (Phi) is 6.03. The van der Waals surface area contributed by atoms with Gasteiger partial charge in [-0.1, -0.05) is 0 Å². The summed E-state index contributed by atoms with van der Waals surface area (Å²) in [7, 11) is 1.47. The molecule has 0 radical (unpaired) electrons. The summed E-state index contributed by atoms with van der Waals surface area (Å²) in [5.41, 5.74) is 0.396. The zero-order valence-electron chi connectivity index (χ0n) is 13.3.